The maximum atomic E-state index is 13.8. The van der Waals surface area contributed by atoms with E-state index in [0.717, 1.165) is 132 Å². The Balaban J connectivity index is 1.54. The Bertz CT molecular complexity index is 3840. The van der Waals surface area contributed by atoms with E-state index in [4.69, 9.17) is 142 Å². The minimum Gasteiger partial charge on any atom is -0.463 e. The van der Waals surface area contributed by atoms with Crippen molar-refractivity contribution in [2.45, 2.75) is 316 Å². The standard InChI is InChI=1S/C74H100O50/c1-26(75)95-20-45-52(57(102-33(8)82)63(69(94)114-45)108-39(14)88)120-71-65(110-41(16)90)59(104-35(10)84)54(47(116-71)22-97-28(3)77)122-73-67(112-43(18)92)61(106-37(12)86)56(49(118-73)24-99-30(5)79)124-74-68(113-44(19)93)62(107-38(13)87)55(50(119-74)25-100-31(6)80)123-72-66(111-42(17)91)60(105-36(11)85)53(48(117-72)23-98-29(4)78)121-70-64(109-40(15)89)58(103-34(9)83)51(101-32(7)81)46(115-70)21-96-27(2)76/h45-74,94H,20-25H2,1-19H3/t45-,46-,47-,48-,49-,50-,51-,52-,53-,54-,55-,56-,57-,58-,59-,60-,61-,62-,63-,64-,65-,66-,67-,68-,69-,70?,71?,72?,73?,74?/m1/s1. The summed E-state index contributed by atoms with van der Waals surface area (Å²) in [4.78, 5) is 249. The first kappa shape index (κ1) is 102. The molecule has 0 radical (unpaired) electrons. The van der Waals surface area contributed by atoms with Gasteiger partial charge in [0.05, 0.1) is 0 Å². The Hall–Kier alpha value is -10.6. The molecule has 5 unspecified atom stereocenters. The molecular weight excluding hydrogens is 1690 g/mol. The summed E-state index contributed by atoms with van der Waals surface area (Å²) in [6.45, 7) is 10.8. The van der Waals surface area contributed by atoms with E-state index < -0.39 is 337 Å². The predicted octanol–water partition coefficient (Wildman–Crippen LogP) is -3.26. The molecule has 50 heteroatoms. The van der Waals surface area contributed by atoms with Crippen molar-refractivity contribution >= 4 is 113 Å². The number of hydrogen-bond donors (Lipinski definition) is 1. The Labute approximate surface area is 705 Å². The molecule has 6 heterocycles. The smallest absolute Gasteiger partial charge is 0.303 e. The van der Waals surface area contributed by atoms with Gasteiger partial charge in [-0.1, -0.05) is 0 Å². The molecule has 0 aromatic carbocycles. The summed E-state index contributed by atoms with van der Waals surface area (Å²) in [5.74, 6) is -21.7. The third-order valence-corrected chi connectivity index (χ3v) is 17.7. The predicted molar refractivity (Wildman–Crippen MR) is 381 cm³/mol. The van der Waals surface area contributed by atoms with Crippen molar-refractivity contribution in [2.75, 3.05) is 39.6 Å². The van der Waals surface area contributed by atoms with Gasteiger partial charge in [0.1, 0.15) is 107 Å². The number of carbonyl (C=O) groups excluding carboxylic acids is 19. The van der Waals surface area contributed by atoms with Crippen LogP contribution in [-0.2, 0) is 233 Å². The molecule has 696 valence electrons. The highest BCUT2D eigenvalue weighted by molar-refractivity contribution is 5.73. The number of aliphatic hydroxyl groups excluding tert-OH is 1. The summed E-state index contributed by atoms with van der Waals surface area (Å²) in [6.07, 6.45) is -64.0. The van der Waals surface area contributed by atoms with Crippen molar-refractivity contribution in [1.29, 1.82) is 0 Å². The van der Waals surface area contributed by atoms with Crippen molar-refractivity contribution in [1.82, 2.24) is 0 Å². The summed E-state index contributed by atoms with van der Waals surface area (Å²) >= 11 is 0. The van der Waals surface area contributed by atoms with Crippen LogP contribution in [0.4, 0.5) is 0 Å². The fraction of sp³-hybridized carbons (Fsp3) is 0.743. The Kier molecular flexibility index (Phi) is 38.7. The lowest BCUT2D eigenvalue weighted by molar-refractivity contribution is -0.396. The number of aliphatic hydroxyl groups is 1. The second-order valence-electron chi connectivity index (χ2n) is 28.1. The Morgan fingerprint density at radius 3 is 0.468 bits per heavy atom. The summed E-state index contributed by atoms with van der Waals surface area (Å²) in [5.41, 5.74) is 0. The van der Waals surface area contributed by atoms with Crippen molar-refractivity contribution in [2.24, 2.45) is 0 Å². The molecule has 0 aliphatic carbocycles. The van der Waals surface area contributed by atoms with Gasteiger partial charge in [0.2, 0.25) is 0 Å². The molecule has 0 amide bonds. The number of hydrogen-bond acceptors (Lipinski definition) is 50. The summed E-state index contributed by atoms with van der Waals surface area (Å²) in [5, 5.41) is 11.2. The fourth-order valence-electron chi connectivity index (χ4n) is 13.6. The monoisotopic (exact) mass is 1790 g/mol. The van der Waals surface area contributed by atoms with Crippen LogP contribution in [0.2, 0.25) is 0 Å². The van der Waals surface area contributed by atoms with Gasteiger partial charge >= 0.3 is 113 Å². The molecular formula is C74H100O50. The zero-order chi connectivity index (χ0) is 92.7. The molecule has 0 saturated carbocycles. The van der Waals surface area contributed by atoms with E-state index in [2.05, 4.69) is 0 Å². The lowest BCUT2D eigenvalue weighted by atomic mass is 9.94. The molecule has 6 saturated heterocycles. The van der Waals surface area contributed by atoms with Gasteiger partial charge in [-0.2, -0.15) is 0 Å². The summed E-state index contributed by atoms with van der Waals surface area (Å²) in [6, 6.07) is 0. The third-order valence-electron chi connectivity index (χ3n) is 17.7. The van der Waals surface area contributed by atoms with Gasteiger partial charge in [0.15, 0.2) is 117 Å². The van der Waals surface area contributed by atoms with Crippen LogP contribution in [0.25, 0.3) is 0 Å². The molecule has 6 fully saturated rings. The maximum absolute atomic E-state index is 13.8. The van der Waals surface area contributed by atoms with Gasteiger partial charge in [-0.25, -0.2) is 0 Å². The number of rotatable bonds is 35. The molecule has 1 N–H and O–H groups in total. The first-order valence-electron chi connectivity index (χ1n) is 37.9. The second kappa shape index (κ2) is 47.0. The number of carbonyl (C=O) groups is 19. The largest absolute Gasteiger partial charge is 0.463 e. The first-order chi connectivity index (χ1) is 58.0. The maximum Gasteiger partial charge on any atom is 0.303 e. The second-order valence-corrected chi connectivity index (χ2v) is 28.1. The zero-order valence-corrected chi connectivity index (χ0v) is 70.5. The lowest BCUT2D eigenvalue weighted by Crippen LogP contribution is -2.70. The molecule has 0 spiro atoms. The van der Waals surface area contributed by atoms with Gasteiger partial charge in [0.25, 0.3) is 0 Å². The van der Waals surface area contributed by atoms with Gasteiger partial charge < -0.3 is 147 Å². The van der Waals surface area contributed by atoms with E-state index in [0.29, 0.717) is 0 Å². The molecule has 6 aliphatic rings. The van der Waals surface area contributed by atoms with Crippen LogP contribution in [0.1, 0.15) is 132 Å². The average Bonchev–Trinajstić information content (AvgIpc) is 0.766. The molecule has 0 bridgehead atoms. The zero-order valence-electron chi connectivity index (χ0n) is 70.5. The van der Waals surface area contributed by atoms with E-state index >= 15 is 0 Å². The van der Waals surface area contributed by atoms with Crippen LogP contribution in [0.5, 0.6) is 0 Å². The highest BCUT2D eigenvalue weighted by Gasteiger charge is 2.64. The molecule has 0 aromatic heterocycles. The molecule has 50 nitrogen and oxygen atoms in total. The van der Waals surface area contributed by atoms with Crippen molar-refractivity contribution in [3.05, 3.63) is 0 Å². The van der Waals surface area contributed by atoms with Crippen LogP contribution >= 0.6 is 0 Å². The lowest BCUT2D eigenvalue weighted by Gasteiger charge is -2.51. The van der Waals surface area contributed by atoms with Crippen LogP contribution in [-0.4, -0.2) is 342 Å². The number of ether oxygens (including phenoxy) is 30. The van der Waals surface area contributed by atoms with E-state index in [1.807, 2.05) is 0 Å². The van der Waals surface area contributed by atoms with Gasteiger partial charge in [-0.15, -0.1) is 0 Å². The molecule has 124 heavy (non-hydrogen) atoms. The first-order valence-corrected chi connectivity index (χ1v) is 37.9. The summed E-state index contributed by atoms with van der Waals surface area (Å²) in [7, 11) is 0. The topological polar surface area (TPSA) is 621 Å². The molecule has 6 aliphatic heterocycles. The fourth-order valence-corrected chi connectivity index (χ4v) is 13.6. The minimum absolute atomic E-state index is 0.804. The van der Waals surface area contributed by atoms with Gasteiger partial charge in [-0.3, -0.25) is 91.1 Å². The van der Waals surface area contributed by atoms with Crippen LogP contribution in [0, 0.1) is 0 Å². The highest BCUT2D eigenvalue weighted by Crippen LogP contribution is 2.43. The van der Waals surface area contributed by atoms with Crippen LogP contribution in [0.15, 0.2) is 0 Å². The van der Waals surface area contributed by atoms with Crippen LogP contribution < -0.4 is 0 Å². The summed E-state index contributed by atoms with van der Waals surface area (Å²) < 4.78 is 177. The Morgan fingerprint density at radius 2 is 0.298 bits per heavy atom. The normalized spacial score (nSPS) is 33.1. The van der Waals surface area contributed by atoms with E-state index in [1.165, 1.54) is 0 Å². The average molecular weight is 1790 g/mol. The van der Waals surface area contributed by atoms with E-state index in [9.17, 15) is 96.2 Å². The van der Waals surface area contributed by atoms with Crippen molar-refractivity contribution in [3.63, 3.8) is 0 Å². The highest BCUT2D eigenvalue weighted by atomic mass is 16.8. The third kappa shape index (κ3) is 30.4. The van der Waals surface area contributed by atoms with E-state index in [-0.39, 0.29) is 0 Å². The van der Waals surface area contributed by atoms with Gasteiger partial charge in [-0.05, 0) is 0 Å². The van der Waals surface area contributed by atoms with Gasteiger partial charge in [0, 0.05) is 132 Å². The molecule has 6 rings (SSSR count). The number of esters is 19. The quantitative estimate of drug-likeness (QED) is 0.0481. The van der Waals surface area contributed by atoms with Crippen molar-refractivity contribution < 1.29 is 238 Å². The van der Waals surface area contributed by atoms with Crippen LogP contribution in [0.3, 0.4) is 0 Å². The van der Waals surface area contributed by atoms with Crippen molar-refractivity contribution in [3.8, 4) is 0 Å². The van der Waals surface area contributed by atoms with E-state index in [1.54, 1.807) is 0 Å². The molecule has 30 atom stereocenters. The minimum atomic E-state index is -2.43. The Morgan fingerprint density at radius 1 is 0.169 bits per heavy atom. The SMILES string of the molecule is CC(=O)OC[C@H]1O[C@@H](O)[C@H](OC(C)=O)[C@H](OC(C)=O)[C@@H]1OC1O[C@H](COC(C)=O)[C@@H](OC2O[C@H](COC(C)=O)[C@@H](OC3O[C@H](COC(C)=O)[C@@H](OC4O[C@H](COC(C)=O)[C@@H](OC5O[C@H](COC(C)=O)[C@@H](OC(C)=O)[C@@H](OC(C)=O)[C@H]5OC(C)=O)[C@@H](OC(C)=O)[C@H]4OC(C)=O)[C@@H](OC(C)=O)[C@H]3OC(C)=O)[C@@H](OC(C)=O)[C@H]2OC(C)=O)[C@@H](OC(C)=O)[C@H]1OC(C)=O. The molecule has 0 aromatic rings.